The second-order valence-electron chi connectivity index (χ2n) is 7.58. The summed E-state index contributed by atoms with van der Waals surface area (Å²) in [6.07, 6.45) is 8.98. The lowest BCUT2D eigenvalue weighted by atomic mass is 9.85. The smallest absolute Gasteiger partial charge is 0.143 e. The number of hydrogen-bond donors (Lipinski definition) is 0. The molecule has 0 amide bonds. The summed E-state index contributed by atoms with van der Waals surface area (Å²) < 4.78 is 10.1. The maximum Gasteiger partial charge on any atom is 0.143 e. The van der Waals surface area contributed by atoms with E-state index in [2.05, 4.69) is 28.2 Å². The van der Waals surface area contributed by atoms with Gasteiger partial charge in [-0.1, -0.05) is 6.92 Å². The number of nitriles is 1. The number of fused-ring (bicyclic) bond motifs is 2. The molecule has 3 aromatic heterocycles. The minimum Gasteiger partial charge on any atom is -0.484 e. The molecule has 7 nitrogen and oxygen atoms in total. The zero-order valence-corrected chi connectivity index (χ0v) is 16.3. The summed E-state index contributed by atoms with van der Waals surface area (Å²) in [7, 11) is 1.89. The number of nitrogens with zero attached hydrogens (tertiary/aromatic N) is 6. The van der Waals surface area contributed by atoms with E-state index in [1.807, 2.05) is 48.4 Å². The Morgan fingerprint density at radius 3 is 2.86 bits per heavy atom. The Morgan fingerprint density at radius 2 is 2.07 bits per heavy atom. The largest absolute Gasteiger partial charge is 0.484 e. The standard InChI is InChI=1S/C22H20N6O/c1-14-3-4-16-7-15(9-23)10-24-21(16)22(14)29-19-6-5-17-11-26-28(20(17)8-19)18-12-25-27(2)13-18/h5-8,10-14,22H,3-4H2,1-2H3/t14-,22-/m1/s1. The summed E-state index contributed by atoms with van der Waals surface area (Å²) in [4.78, 5) is 4.56. The van der Waals surface area contributed by atoms with Gasteiger partial charge in [-0.25, -0.2) is 4.68 Å². The molecule has 0 spiro atoms. The summed E-state index contributed by atoms with van der Waals surface area (Å²) in [6.45, 7) is 2.19. The van der Waals surface area contributed by atoms with Crippen molar-refractivity contribution in [2.45, 2.75) is 25.9 Å². The maximum atomic E-state index is 9.16. The van der Waals surface area contributed by atoms with Crippen LogP contribution >= 0.6 is 0 Å². The van der Waals surface area contributed by atoms with E-state index in [4.69, 9.17) is 10.00 Å². The third kappa shape index (κ3) is 3.03. The van der Waals surface area contributed by atoms with Crippen molar-refractivity contribution in [1.29, 1.82) is 5.26 Å². The van der Waals surface area contributed by atoms with Gasteiger partial charge >= 0.3 is 0 Å². The van der Waals surface area contributed by atoms with Crippen molar-refractivity contribution in [2.24, 2.45) is 13.0 Å². The first-order valence-corrected chi connectivity index (χ1v) is 9.65. The SMILES string of the molecule is C[C@@H]1CCc2cc(C#N)cnc2[C@@H]1Oc1ccc2cnn(-c3cnn(C)c3)c2c1. The fraction of sp³-hybridized carbons (Fsp3) is 0.273. The van der Waals surface area contributed by atoms with Crippen molar-refractivity contribution in [2.75, 3.05) is 0 Å². The van der Waals surface area contributed by atoms with Crippen LogP contribution in [0.15, 0.2) is 49.1 Å². The Kier molecular flexibility index (Phi) is 4.06. The number of aryl methyl sites for hydroxylation is 2. The molecule has 2 atom stereocenters. The average molecular weight is 384 g/mol. The Bertz CT molecular complexity index is 1250. The molecule has 1 aliphatic rings. The van der Waals surface area contributed by atoms with E-state index in [0.29, 0.717) is 11.5 Å². The number of ether oxygens (including phenoxy) is 1. The molecule has 144 valence electrons. The van der Waals surface area contributed by atoms with Crippen LogP contribution in [-0.2, 0) is 13.5 Å². The molecule has 0 saturated carbocycles. The van der Waals surface area contributed by atoms with Crippen LogP contribution in [0.5, 0.6) is 5.75 Å². The van der Waals surface area contributed by atoms with E-state index in [-0.39, 0.29) is 6.10 Å². The quantitative estimate of drug-likeness (QED) is 0.538. The lowest BCUT2D eigenvalue weighted by Crippen LogP contribution is -2.24. The minimum absolute atomic E-state index is 0.140. The molecule has 0 unspecified atom stereocenters. The van der Waals surface area contributed by atoms with Gasteiger partial charge in [-0.2, -0.15) is 15.5 Å². The van der Waals surface area contributed by atoms with Crippen LogP contribution in [0.1, 0.15) is 36.3 Å². The highest BCUT2D eigenvalue weighted by Gasteiger charge is 2.30. The first-order chi connectivity index (χ1) is 14.1. The van der Waals surface area contributed by atoms with Gasteiger partial charge in [-0.05, 0) is 42.5 Å². The van der Waals surface area contributed by atoms with Crippen LogP contribution in [0.4, 0.5) is 0 Å². The topological polar surface area (TPSA) is 81.6 Å². The molecule has 0 N–H and O–H groups in total. The molecule has 1 aromatic carbocycles. The Balaban J connectivity index is 1.52. The van der Waals surface area contributed by atoms with Gasteiger partial charge in [0.05, 0.1) is 35.4 Å². The zero-order chi connectivity index (χ0) is 20.0. The molecule has 1 aliphatic carbocycles. The summed E-state index contributed by atoms with van der Waals surface area (Å²) >= 11 is 0. The Labute approximate surface area is 168 Å². The minimum atomic E-state index is -0.140. The van der Waals surface area contributed by atoms with E-state index in [1.165, 1.54) is 0 Å². The van der Waals surface area contributed by atoms with Crippen LogP contribution in [0.25, 0.3) is 16.6 Å². The molecule has 4 aromatic rings. The number of benzene rings is 1. The first-order valence-electron chi connectivity index (χ1n) is 9.65. The second kappa shape index (κ2) is 6.74. The predicted octanol–water partition coefficient (Wildman–Crippen LogP) is 3.73. The van der Waals surface area contributed by atoms with E-state index in [1.54, 1.807) is 17.1 Å². The number of pyridine rings is 1. The fourth-order valence-corrected chi connectivity index (χ4v) is 3.96. The van der Waals surface area contributed by atoms with Crippen molar-refractivity contribution >= 4 is 10.9 Å². The molecule has 5 rings (SSSR count). The zero-order valence-electron chi connectivity index (χ0n) is 16.3. The van der Waals surface area contributed by atoms with E-state index >= 15 is 0 Å². The highest BCUT2D eigenvalue weighted by molar-refractivity contribution is 5.81. The molecule has 0 radical (unpaired) electrons. The monoisotopic (exact) mass is 384 g/mol. The van der Waals surface area contributed by atoms with Gasteiger partial charge in [0.15, 0.2) is 0 Å². The number of rotatable bonds is 3. The second-order valence-corrected chi connectivity index (χ2v) is 7.58. The Hall–Kier alpha value is -3.66. The van der Waals surface area contributed by atoms with Crippen molar-refractivity contribution in [3.05, 3.63) is 65.9 Å². The fourth-order valence-electron chi connectivity index (χ4n) is 3.96. The molecular formula is C22H20N6O. The maximum absolute atomic E-state index is 9.16. The summed E-state index contributed by atoms with van der Waals surface area (Å²) in [6, 6.07) is 10.1. The molecule has 0 aliphatic heterocycles. The highest BCUT2D eigenvalue weighted by Crippen LogP contribution is 2.37. The molecular weight excluding hydrogens is 364 g/mol. The van der Waals surface area contributed by atoms with Crippen LogP contribution in [0.3, 0.4) is 0 Å². The molecule has 0 fully saturated rings. The third-order valence-electron chi connectivity index (χ3n) is 5.53. The average Bonchev–Trinajstić information content (AvgIpc) is 3.35. The summed E-state index contributed by atoms with van der Waals surface area (Å²) in [5.74, 6) is 1.11. The van der Waals surface area contributed by atoms with Crippen molar-refractivity contribution in [3.8, 4) is 17.5 Å². The first kappa shape index (κ1) is 17.4. The van der Waals surface area contributed by atoms with Gasteiger partial charge < -0.3 is 4.74 Å². The van der Waals surface area contributed by atoms with E-state index < -0.39 is 0 Å². The van der Waals surface area contributed by atoms with Crippen molar-refractivity contribution < 1.29 is 4.74 Å². The number of aromatic nitrogens is 5. The lowest BCUT2D eigenvalue weighted by Gasteiger charge is -2.30. The van der Waals surface area contributed by atoms with E-state index in [9.17, 15) is 0 Å². The highest BCUT2D eigenvalue weighted by atomic mass is 16.5. The van der Waals surface area contributed by atoms with Crippen LogP contribution in [-0.4, -0.2) is 24.5 Å². The van der Waals surface area contributed by atoms with Gasteiger partial charge in [-0.15, -0.1) is 0 Å². The lowest BCUT2D eigenvalue weighted by molar-refractivity contribution is 0.124. The third-order valence-corrected chi connectivity index (χ3v) is 5.53. The van der Waals surface area contributed by atoms with Crippen molar-refractivity contribution in [3.63, 3.8) is 0 Å². The van der Waals surface area contributed by atoms with E-state index in [0.717, 1.165) is 46.4 Å². The molecule has 3 heterocycles. The van der Waals surface area contributed by atoms with Crippen molar-refractivity contribution in [1.82, 2.24) is 24.5 Å². The summed E-state index contributed by atoms with van der Waals surface area (Å²) in [5.41, 5.74) is 4.50. The normalized spacial score (nSPS) is 18.4. The van der Waals surface area contributed by atoms with Gasteiger partial charge in [0.2, 0.25) is 0 Å². The van der Waals surface area contributed by atoms with Gasteiger partial charge in [-0.3, -0.25) is 9.67 Å². The van der Waals surface area contributed by atoms with Gasteiger partial charge in [0.25, 0.3) is 0 Å². The van der Waals surface area contributed by atoms with Crippen LogP contribution in [0.2, 0.25) is 0 Å². The molecule has 0 saturated heterocycles. The Morgan fingerprint density at radius 1 is 1.17 bits per heavy atom. The van der Waals surface area contributed by atoms with Gasteiger partial charge in [0, 0.05) is 24.7 Å². The summed E-state index contributed by atoms with van der Waals surface area (Å²) in [5, 5.41) is 18.9. The number of hydrogen-bond acceptors (Lipinski definition) is 5. The van der Waals surface area contributed by atoms with Crippen LogP contribution < -0.4 is 4.74 Å². The van der Waals surface area contributed by atoms with Crippen LogP contribution in [0, 0.1) is 17.2 Å². The molecule has 0 bridgehead atoms. The molecule has 29 heavy (non-hydrogen) atoms. The van der Waals surface area contributed by atoms with Gasteiger partial charge in [0.1, 0.15) is 23.6 Å². The predicted molar refractivity (Wildman–Crippen MR) is 108 cm³/mol. The molecule has 7 heteroatoms.